The van der Waals surface area contributed by atoms with E-state index in [4.69, 9.17) is 0 Å². The van der Waals surface area contributed by atoms with Crippen LogP contribution in [0.3, 0.4) is 0 Å². The van der Waals surface area contributed by atoms with E-state index < -0.39 is 0 Å². The van der Waals surface area contributed by atoms with Crippen LogP contribution < -0.4 is 0 Å². The van der Waals surface area contributed by atoms with Gasteiger partial charge < -0.3 is 0 Å². The van der Waals surface area contributed by atoms with Crippen molar-refractivity contribution in [2.75, 3.05) is 0 Å². The lowest BCUT2D eigenvalue weighted by atomic mass is 9.77. The summed E-state index contributed by atoms with van der Waals surface area (Å²) >= 11 is 0. The lowest BCUT2D eigenvalue weighted by Gasteiger charge is -2.28. The van der Waals surface area contributed by atoms with E-state index in [-0.39, 0.29) is 5.82 Å². The van der Waals surface area contributed by atoms with Crippen LogP contribution in [0.25, 0.3) is 10.8 Å². The molecule has 1 aliphatic carbocycles. The lowest BCUT2D eigenvalue weighted by molar-refractivity contribution is 0.312. The average Bonchev–Trinajstić information content (AvgIpc) is 2.83. The Labute approximate surface area is 186 Å². The molecule has 0 aliphatic heterocycles. The fraction of sp³-hybridized carbons (Fsp3) is 0.333. The predicted octanol–water partition coefficient (Wildman–Crippen LogP) is 8.18. The molecule has 0 unspecified atom stereocenters. The first-order valence-corrected chi connectivity index (χ1v) is 11.6. The standard InChI is InChI=1S/C30H31F/c1-3-5-6-23-7-13-25(14-8-23)26-15-9-24(10-16-26)11-17-27-18-19-28-21-22(4-2)12-20-29(28)30(27)31/h3,9-10,12,15-16,18-21,23,25H,1,4-8,13-14H2,2H3. The molecule has 0 aromatic heterocycles. The van der Waals surface area contributed by atoms with Crippen LogP contribution in [0.5, 0.6) is 0 Å². The highest BCUT2D eigenvalue weighted by molar-refractivity contribution is 5.85. The molecule has 3 aromatic carbocycles. The summed E-state index contributed by atoms with van der Waals surface area (Å²) < 4.78 is 14.9. The van der Waals surface area contributed by atoms with Gasteiger partial charge in [0.25, 0.3) is 0 Å². The predicted molar refractivity (Wildman–Crippen MR) is 130 cm³/mol. The normalized spacial score (nSPS) is 18.4. The van der Waals surface area contributed by atoms with Crippen molar-refractivity contribution in [3.63, 3.8) is 0 Å². The minimum Gasteiger partial charge on any atom is -0.205 e. The summed E-state index contributed by atoms with van der Waals surface area (Å²) in [6, 6.07) is 18.3. The summed E-state index contributed by atoms with van der Waals surface area (Å²) in [7, 11) is 0. The van der Waals surface area contributed by atoms with E-state index in [0.717, 1.165) is 29.7 Å². The number of halogens is 1. The van der Waals surface area contributed by atoms with Crippen LogP contribution in [-0.4, -0.2) is 0 Å². The second kappa shape index (κ2) is 9.97. The molecular formula is C30H31F. The van der Waals surface area contributed by atoms with Crippen molar-refractivity contribution >= 4 is 10.8 Å². The lowest BCUT2D eigenvalue weighted by Crippen LogP contribution is -2.13. The van der Waals surface area contributed by atoms with Gasteiger partial charge >= 0.3 is 0 Å². The fourth-order valence-electron chi connectivity index (χ4n) is 4.77. The molecular weight excluding hydrogens is 379 g/mol. The summed E-state index contributed by atoms with van der Waals surface area (Å²) in [5.74, 6) is 7.49. The minimum atomic E-state index is -0.225. The van der Waals surface area contributed by atoms with Crippen molar-refractivity contribution in [3.8, 4) is 11.8 Å². The van der Waals surface area contributed by atoms with E-state index in [1.54, 1.807) is 6.07 Å². The molecule has 158 valence electrons. The highest BCUT2D eigenvalue weighted by Gasteiger charge is 2.21. The smallest absolute Gasteiger partial charge is 0.146 e. The van der Waals surface area contributed by atoms with E-state index in [2.05, 4.69) is 55.7 Å². The zero-order valence-electron chi connectivity index (χ0n) is 18.5. The van der Waals surface area contributed by atoms with E-state index in [9.17, 15) is 4.39 Å². The Bertz CT molecular complexity index is 1100. The van der Waals surface area contributed by atoms with Gasteiger partial charge in [-0.25, -0.2) is 4.39 Å². The summed E-state index contributed by atoms with van der Waals surface area (Å²) in [6.45, 7) is 5.95. The Morgan fingerprint density at radius 1 is 0.968 bits per heavy atom. The maximum absolute atomic E-state index is 14.9. The van der Waals surface area contributed by atoms with Gasteiger partial charge in [-0.3, -0.25) is 0 Å². The molecule has 0 heterocycles. The van der Waals surface area contributed by atoms with Gasteiger partial charge in [-0.2, -0.15) is 0 Å². The first kappa shape index (κ1) is 21.4. The van der Waals surface area contributed by atoms with Crippen LogP contribution in [-0.2, 0) is 6.42 Å². The number of aryl methyl sites for hydroxylation is 1. The monoisotopic (exact) mass is 410 g/mol. The third-order valence-electron chi connectivity index (χ3n) is 6.78. The van der Waals surface area contributed by atoms with Crippen molar-refractivity contribution in [3.05, 3.63) is 95.3 Å². The van der Waals surface area contributed by atoms with Crippen LogP contribution in [0.1, 0.15) is 73.6 Å². The van der Waals surface area contributed by atoms with Crippen molar-refractivity contribution in [1.29, 1.82) is 0 Å². The summed E-state index contributed by atoms with van der Waals surface area (Å²) in [6.07, 6.45) is 10.6. The molecule has 1 aliphatic rings. The molecule has 0 saturated heterocycles. The van der Waals surface area contributed by atoms with Crippen molar-refractivity contribution < 1.29 is 4.39 Å². The third-order valence-corrected chi connectivity index (χ3v) is 6.78. The molecule has 0 bridgehead atoms. The molecule has 0 N–H and O–H groups in total. The number of allylic oxidation sites excluding steroid dienone is 1. The van der Waals surface area contributed by atoms with E-state index in [1.165, 1.54) is 43.2 Å². The molecule has 1 fully saturated rings. The molecule has 0 nitrogen and oxygen atoms in total. The Hall–Kier alpha value is -2.85. The van der Waals surface area contributed by atoms with Crippen LogP contribution in [0, 0.1) is 23.6 Å². The summed E-state index contributed by atoms with van der Waals surface area (Å²) in [5, 5.41) is 1.58. The quantitative estimate of drug-likeness (QED) is 0.294. The van der Waals surface area contributed by atoms with Crippen molar-refractivity contribution in [1.82, 2.24) is 0 Å². The SMILES string of the molecule is C=CCCC1CCC(c2ccc(C#Cc3ccc4cc(CC)ccc4c3F)cc2)CC1. The average molecular weight is 411 g/mol. The van der Waals surface area contributed by atoms with Gasteiger partial charge in [-0.15, -0.1) is 6.58 Å². The van der Waals surface area contributed by atoms with E-state index >= 15 is 0 Å². The molecule has 0 atom stereocenters. The second-order valence-corrected chi connectivity index (χ2v) is 8.79. The van der Waals surface area contributed by atoms with Gasteiger partial charge in [0, 0.05) is 10.9 Å². The van der Waals surface area contributed by atoms with E-state index in [0.29, 0.717) is 16.9 Å². The van der Waals surface area contributed by atoms with Gasteiger partial charge in [-0.05, 0) is 91.5 Å². The summed E-state index contributed by atoms with van der Waals surface area (Å²) in [5.41, 5.74) is 4.02. The zero-order valence-corrected chi connectivity index (χ0v) is 18.5. The van der Waals surface area contributed by atoms with Gasteiger partial charge in [0.2, 0.25) is 0 Å². The molecule has 0 amide bonds. The van der Waals surface area contributed by atoms with Crippen LogP contribution in [0.4, 0.5) is 4.39 Å². The Morgan fingerprint density at radius 3 is 2.45 bits per heavy atom. The number of hydrogen-bond donors (Lipinski definition) is 0. The van der Waals surface area contributed by atoms with Crippen LogP contribution >= 0.6 is 0 Å². The molecule has 3 aromatic rings. The molecule has 31 heavy (non-hydrogen) atoms. The Kier molecular flexibility index (Phi) is 6.88. The maximum Gasteiger partial charge on any atom is 0.146 e. The fourth-order valence-corrected chi connectivity index (χ4v) is 4.77. The van der Waals surface area contributed by atoms with E-state index in [1.807, 2.05) is 24.3 Å². The summed E-state index contributed by atoms with van der Waals surface area (Å²) in [4.78, 5) is 0. The highest BCUT2D eigenvalue weighted by atomic mass is 19.1. The third kappa shape index (κ3) is 5.08. The van der Waals surface area contributed by atoms with Gasteiger partial charge in [-0.1, -0.05) is 61.2 Å². The highest BCUT2D eigenvalue weighted by Crippen LogP contribution is 2.37. The number of benzene rings is 3. The first-order valence-electron chi connectivity index (χ1n) is 11.6. The second-order valence-electron chi connectivity index (χ2n) is 8.79. The van der Waals surface area contributed by atoms with Gasteiger partial charge in [0.05, 0.1) is 5.56 Å². The van der Waals surface area contributed by atoms with Crippen LogP contribution in [0.2, 0.25) is 0 Å². The van der Waals surface area contributed by atoms with Crippen molar-refractivity contribution in [2.24, 2.45) is 5.92 Å². The molecule has 1 saturated carbocycles. The topological polar surface area (TPSA) is 0 Å². The largest absolute Gasteiger partial charge is 0.205 e. The zero-order chi connectivity index (χ0) is 21.6. The molecule has 4 rings (SSSR count). The Morgan fingerprint density at radius 2 is 1.74 bits per heavy atom. The number of rotatable bonds is 5. The number of hydrogen-bond acceptors (Lipinski definition) is 0. The molecule has 0 spiro atoms. The van der Waals surface area contributed by atoms with Gasteiger partial charge in [0.15, 0.2) is 0 Å². The maximum atomic E-state index is 14.9. The van der Waals surface area contributed by atoms with Gasteiger partial charge in [0.1, 0.15) is 5.82 Å². The van der Waals surface area contributed by atoms with Crippen molar-refractivity contribution in [2.45, 2.75) is 57.8 Å². The first-order chi connectivity index (χ1) is 15.2. The van der Waals surface area contributed by atoms with Crippen LogP contribution in [0.15, 0.2) is 67.3 Å². The Balaban J connectivity index is 1.44. The number of fused-ring (bicyclic) bond motifs is 1. The molecule has 1 heteroatoms. The molecule has 0 radical (unpaired) electrons. The minimum absolute atomic E-state index is 0.225.